The van der Waals surface area contributed by atoms with Crippen LogP contribution in [0.4, 0.5) is 0 Å². The van der Waals surface area contributed by atoms with Gasteiger partial charge in [-0.15, -0.1) is 0 Å². The number of pyridine rings is 1. The highest BCUT2D eigenvalue weighted by Crippen LogP contribution is 2.24. The van der Waals surface area contributed by atoms with Gasteiger partial charge in [-0.1, -0.05) is 18.2 Å². The van der Waals surface area contributed by atoms with E-state index in [2.05, 4.69) is 33.8 Å². The molecule has 0 spiro atoms. The van der Waals surface area contributed by atoms with E-state index in [-0.39, 0.29) is 5.91 Å². The van der Waals surface area contributed by atoms with Crippen LogP contribution in [0.5, 0.6) is 0 Å². The van der Waals surface area contributed by atoms with Crippen LogP contribution in [-0.4, -0.2) is 26.9 Å². The van der Waals surface area contributed by atoms with Gasteiger partial charge >= 0.3 is 0 Å². The highest BCUT2D eigenvalue weighted by atomic mass is 16.2. The van der Waals surface area contributed by atoms with E-state index < -0.39 is 0 Å². The van der Waals surface area contributed by atoms with Crippen LogP contribution in [0.15, 0.2) is 54.9 Å². The van der Waals surface area contributed by atoms with Crippen molar-refractivity contribution in [2.45, 2.75) is 13.1 Å². The molecule has 0 N–H and O–H groups in total. The Morgan fingerprint density at radius 3 is 2.86 bits per heavy atom. The number of rotatable bonds is 1. The van der Waals surface area contributed by atoms with E-state index >= 15 is 0 Å². The molecule has 0 saturated carbocycles. The first kappa shape index (κ1) is 12.1. The van der Waals surface area contributed by atoms with E-state index in [4.69, 9.17) is 0 Å². The first-order valence-corrected chi connectivity index (χ1v) is 7.09. The fourth-order valence-electron chi connectivity index (χ4n) is 3.00. The van der Waals surface area contributed by atoms with Crippen molar-refractivity contribution < 1.29 is 4.79 Å². The number of amides is 1. The third kappa shape index (κ3) is 2.00. The molecular formula is C17H15N3O. The number of hydrogen-bond acceptors (Lipinski definition) is 2. The summed E-state index contributed by atoms with van der Waals surface area (Å²) in [6.45, 7) is 2.23. The second-order valence-electron chi connectivity index (χ2n) is 5.31. The maximum absolute atomic E-state index is 12.5. The van der Waals surface area contributed by atoms with Gasteiger partial charge in [-0.25, -0.2) is 0 Å². The molecule has 21 heavy (non-hydrogen) atoms. The minimum Gasteiger partial charge on any atom is -0.341 e. The van der Waals surface area contributed by atoms with Crippen molar-refractivity contribution in [3.63, 3.8) is 0 Å². The number of nitrogens with zero attached hydrogens (tertiary/aromatic N) is 3. The number of benzene rings is 1. The molecule has 0 aliphatic carbocycles. The highest BCUT2D eigenvalue weighted by Gasteiger charge is 2.23. The molecule has 0 unspecified atom stereocenters. The van der Waals surface area contributed by atoms with Crippen LogP contribution in [0.2, 0.25) is 0 Å². The fourth-order valence-corrected chi connectivity index (χ4v) is 3.00. The fraction of sp³-hybridized carbons (Fsp3) is 0.176. The Balaban J connectivity index is 1.66. The quantitative estimate of drug-likeness (QED) is 0.686. The Morgan fingerprint density at radius 1 is 1.10 bits per heavy atom. The van der Waals surface area contributed by atoms with Crippen molar-refractivity contribution >= 4 is 16.8 Å². The summed E-state index contributed by atoms with van der Waals surface area (Å²) < 4.78 is 2.31. The zero-order chi connectivity index (χ0) is 14.2. The number of hydrogen-bond donors (Lipinski definition) is 0. The Labute approximate surface area is 122 Å². The largest absolute Gasteiger partial charge is 0.341 e. The monoisotopic (exact) mass is 277 g/mol. The van der Waals surface area contributed by atoms with Gasteiger partial charge in [0, 0.05) is 36.7 Å². The van der Waals surface area contributed by atoms with Gasteiger partial charge in [-0.2, -0.15) is 0 Å². The third-order valence-electron chi connectivity index (χ3n) is 4.04. The molecule has 4 rings (SSSR count). The zero-order valence-corrected chi connectivity index (χ0v) is 11.6. The Kier molecular flexibility index (Phi) is 2.74. The van der Waals surface area contributed by atoms with Gasteiger partial charge in [-0.3, -0.25) is 9.78 Å². The van der Waals surface area contributed by atoms with E-state index in [0.717, 1.165) is 13.1 Å². The van der Waals surface area contributed by atoms with Crippen LogP contribution in [0.3, 0.4) is 0 Å². The van der Waals surface area contributed by atoms with Gasteiger partial charge in [0.1, 0.15) is 0 Å². The molecule has 0 bridgehead atoms. The third-order valence-corrected chi connectivity index (χ3v) is 4.04. The lowest BCUT2D eigenvalue weighted by Crippen LogP contribution is -2.38. The number of carbonyl (C=O) groups is 1. The highest BCUT2D eigenvalue weighted by molar-refractivity contribution is 5.94. The first-order chi connectivity index (χ1) is 10.3. The maximum Gasteiger partial charge on any atom is 0.255 e. The molecule has 1 aromatic carbocycles. The normalized spacial score (nSPS) is 14.2. The molecule has 4 heteroatoms. The van der Waals surface area contributed by atoms with Crippen LogP contribution < -0.4 is 0 Å². The summed E-state index contributed by atoms with van der Waals surface area (Å²) in [6, 6.07) is 14.2. The summed E-state index contributed by atoms with van der Waals surface area (Å²) in [5, 5.41) is 1.24. The minimum atomic E-state index is 0.0552. The lowest BCUT2D eigenvalue weighted by molar-refractivity contribution is 0.0712. The lowest BCUT2D eigenvalue weighted by Gasteiger charge is -2.29. The van der Waals surface area contributed by atoms with Crippen molar-refractivity contribution in [1.82, 2.24) is 14.5 Å². The molecule has 1 aliphatic heterocycles. The van der Waals surface area contributed by atoms with E-state index in [0.29, 0.717) is 12.1 Å². The van der Waals surface area contributed by atoms with Gasteiger partial charge in [0.2, 0.25) is 0 Å². The number of aromatic nitrogens is 2. The Morgan fingerprint density at radius 2 is 2.00 bits per heavy atom. The molecule has 1 amide bonds. The van der Waals surface area contributed by atoms with Crippen molar-refractivity contribution in [1.29, 1.82) is 0 Å². The summed E-state index contributed by atoms with van der Waals surface area (Å²) in [4.78, 5) is 18.4. The summed E-state index contributed by atoms with van der Waals surface area (Å²) in [5.41, 5.74) is 3.10. The van der Waals surface area contributed by atoms with E-state index in [1.54, 1.807) is 18.5 Å². The van der Waals surface area contributed by atoms with Crippen molar-refractivity contribution in [2.24, 2.45) is 0 Å². The second kappa shape index (κ2) is 4.74. The van der Waals surface area contributed by atoms with Crippen molar-refractivity contribution in [2.75, 3.05) is 6.54 Å². The van der Waals surface area contributed by atoms with Gasteiger partial charge in [0.05, 0.1) is 12.1 Å². The molecule has 104 valence electrons. The number of carbonyl (C=O) groups excluding carboxylic acids is 1. The summed E-state index contributed by atoms with van der Waals surface area (Å²) in [6.07, 6.45) is 3.32. The SMILES string of the molecule is O=C(c1cccnc1)N1CCn2c(cc3ccccc32)C1. The average molecular weight is 277 g/mol. The van der Waals surface area contributed by atoms with Gasteiger partial charge < -0.3 is 9.47 Å². The summed E-state index contributed by atoms with van der Waals surface area (Å²) in [5.74, 6) is 0.0552. The summed E-state index contributed by atoms with van der Waals surface area (Å²) in [7, 11) is 0. The Hall–Kier alpha value is -2.62. The molecule has 3 aromatic rings. The van der Waals surface area contributed by atoms with Crippen LogP contribution >= 0.6 is 0 Å². The van der Waals surface area contributed by atoms with Crippen LogP contribution in [-0.2, 0) is 13.1 Å². The van der Waals surface area contributed by atoms with E-state index in [1.807, 2.05) is 17.0 Å². The molecular weight excluding hydrogens is 262 g/mol. The predicted octanol–water partition coefficient (Wildman–Crippen LogP) is 2.69. The molecule has 0 atom stereocenters. The molecule has 0 radical (unpaired) electrons. The van der Waals surface area contributed by atoms with Crippen LogP contribution in [0, 0.1) is 0 Å². The smallest absolute Gasteiger partial charge is 0.255 e. The molecule has 3 heterocycles. The average Bonchev–Trinajstić information content (AvgIpc) is 2.92. The predicted molar refractivity (Wildman–Crippen MR) is 80.9 cm³/mol. The van der Waals surface area contributed by atoms with Gasteiger partial charge in [-0.05, 0) is 29.7 Å². The zero-order valence-electron chi connectivity index (χ0n) is 11.6. The van der Waals surface area contributed by atoms with Gasteiger partial charge in [0.15, 0.2) is 0 Å². The Bertz CT molecular complexity index is 807. The maximum atomic E-state index is 12.5. The summed E-state index contributed by atoms with van der Waals surface area (Å²) >= 11 is 0. The van der Waals surface area contributed by atoms with Crippen molar-refractivity contribution in [3.05, 3.63) is 66.1 Å². The molecule has 2 aromatic heterocycles. The molecule has 0 fully saturated rings. The minimum absolute atomic E-state index is 0.0552. The van der Waals surface area contributed by atoms with Crippen molar-refractivity contribution in [3.8, 4) is 0 Å². The first-order valence-electron chi connectivity index (χ1n) is 7.09. The molecule has 1 aliphatic rings. The standard InChI is InChI=1S/C17H15N3O/c21-17(14-5-3-7-18-11-14)19-8-9-20-15(12-19)10-13-4-1-2-6-16(13)20/h1-7,10-11H,8-9,12H2. The number of para-hydroxylation sites is 1. The lowest BCUT2D eigenvalue weighted by atomic mass is 10.2. The number of fused-ring (bicyclic) bond motifs is 3. The topological polar surface area (TPSA) is 38.1 Å². The van der Waals surface area contributed by atoms with Crippen LogP contribution in [0.25, 0.3) is 10.9 Å². The van der Waals surface area contributed by atoms with E-state index in [9.17, 15) is 4.79 Å². The van der Waals surface area contributed by atoms with Gasteiger partial charge in [0.25, 0.3) is 5.91 Å². The molecule has 0 saturated heterocycles. The van der Waals surface area contributed by atoms with E-state index in [1.165, 1.54) is 16.6 Å². The molecule has 4 nitrogen and oxygen atoms in total. The second-order valence-corrected chi connectivity index (χ2v) is 5.31. The van der Waals surface area contributed by atoms with Crippen LogP contribution in [0.1, 0.15) is 16.1 Å².